The number of ether oxygens (including phenoxy) is 2. The van der Waals surface area contributed by atoms with Gasteiger partial charge in [0.05, 0.1) is 19.2 Å². The number of hydrogen-bond donors (Lipinski definition) is 2. The molecule has 0 aliphatic carbocycles. The van der Waals surface area contributed by atoms with E-state index in [0.717, 1.165) is 11.3 Å². The van der Waals surface area contributed by atoms with Crippen LogP contribution < -0.4 is 10.1 Å². The van der Waals surface area contributed by atoms with E-state index in [4.69, 9.17) is 18.7 Å². The average Bonchev–Trinajstić information content (AvgIpc) is 3.08. The van der Waals surface area contributed by atoms with Crippen LogP contribution in [0.5, 0.6) is 5.75 Å². The molecule has 1 amide bonds. The van der Waals surface area contributed by atoms with Crippen LogP contribution >= 0.6 is 0 Å². The number of alkyl carbamates (subject to hydrolysis) is 1. The average molecular weight is 495 g/mol. The summed E-state index contributed by atoms with van der Waals surface area (Å²) in [5.41, 5.74) is 0.928. The van der Waals surface area contributed by atoms with E-state index in [1.165, 1.54) is 0 Å². The second kappa shape index (κ2) is 10.7. The van der Waals surface area contributed by atoms with E-state index in [2.05, 4.69) is 44.3 Å². The largest absolute Gasteiger partial charge is 0.497 e. The van der Waals surface area contributed by atoms with E-state index >= 15 is 0 Å². The van der Waals surface area contributed by atoms with Crippen molar-refractivity contribution in [1.82, 2.24) is 5.32 Å². The zero-order chi connectivity index (χ0) is 25.8. The van der Waals surface area contributed by atoms with Gasteiger partial charge in [-0.25, -0.2) is 4.79 Å². The number of rotatable bonds is 9. The second-order valence-corrected chi connectivity index (χ2v) is 16.2. The molecule has 0 saturated heterocycles. The molecule has 34 heavy (non-hydrogen) atoms. The van der Waals surface area contributed by atoms with Gasteiger partial charge in [-0.1, -0.05) is 38.1 Å². The van der Waals surface area contributed by atoms with Gasteiger partial charge >= 0.3 is 6.09 Å². The molecule has 0 saturated carbocycles. The van der Waals surface area contributed by atoms with Crippen LogP contribution in [0, 0.1) is 0 Å². The van der Waals surface area contributed by atoms with E-state index in [0.29, 0.717) is 25.2 Å². The number of aliphatic hydroxyl groups is 1. The number of carbonyl (C=O) groups excluding carboxylic acids is 1. The van der Waals surface area contributed by atoms with Gasteiger partial charge in [-0.3, -0.25) is 0 Å². The molecule has 2 atom stereocenters. The Hall–Kier alpha value is -2.10. The molecule has 1 aliphatic rings. The molecule has 2 N–H and O–H groups in total. The molecular formula is C25H42N2O6Si. The molecule has 1 aromatic rings. The van der Waals surface area contributed by atoms with Crippen molar-refractivity contribution in [3.8, 4) is 5.75 Å². The molecule has 1 heterocycles. The zero-order valence-corrected chi connectivity index (χ0v) is 23.2. The first-order valence-corrected chi connectivity index (χ1v) is 14.7. The number of methoxy groups -OCH3 is 1. The summed E-state index contributed by atoms with van der Waals surface area (Å²) in [5.74, 6) is -0.966. The van der Waals surface area contributed by atoms with E-state index in [9.17, 15) is 9.90 Å². The number of benzene rings is 1. The molecule has 2 rings (SSSR count). The lowest BCUT2D eigenvalue weighted by Gasteiger charge is -2.36. The maximum atomic E-state index is 12.5. The van der Waals surface area contributed by atoms with Crippen molar-refractivity contribution in [2.24, 2.45) is 5.16 Å². The Balaban J connectivity index is 2.09. The van der Waals surface area contributed by atoms with Gasteiger partial charge < -0.3 is 29.2 Å². The topological polar surface area (TPSA) is 98.6 Å². The first-order chi connectivity index (χ1) is 15.5. The molecule has 8 nitrogen and oxygen atoms in total. The van der Waals surface area contributed by atoms with Crippen LogP contribution in [0.2, 0.25) is 18.1 Å². The van der Waals surface area contributed by atoms with Crippen molar-refractivity contribution in [3.05, 3.63) is 29.8 Å². The number of hydrogen-bond acceptors (Lipinski definition) is 7. The standard InChI is InChI=1S/C25H42N2O6Si/c1-23(2,3)32-22(28)26-21(16-18-10-12-20(30-7)13-11-18)25(29)17-19(27-33-25)14-15-31-34(8,9)24(4,5)6/h10-13,21,29H,14-17H2,1-9H3,(H,26,28)/t21-,25?/m0/s1. The van der Waals surface area contributed by atoms with Crippen molar-refractivity contribution >= 4 is 20.1 Å². The van der Waals surface area contributed by atoms with Crippen LogP contribution in [0.4, 0.5) is 4.79 Å². The third-order valence-electron chi connectivity index (χ3n) is 6.28. The van der Waals surface area contributed by atoms with Gasteiger partial charge in [-0.2, -0.15) is 0 Å². The fourth-order valence-corrected chi connectivity index (χ4v) is 4.28. The smallest absolute Gasteiger partial charge is 0.408 e. The third kappa shape index (κ3) is 7.99. The molecule has 1 aromatic carbocycles. The lowest BCUT2D eigenvalue weighted by atomic mass is 9.94. The highest BCUT2D eigenvalue weighted by atomic mass is 28.4. The Bertz CT molecular complexity index is 858. The first-order valence-electron chi connectivity index (χ1n) is 11.8. The predicted molar refractivity (Wildman–Crippen MR) is 136 cm³/mol. The van der Waals surface area contributed by atoms with Crippen LogP contribution in [0.1, 0.15) is 59.9 Å². The Kier molecular flexibility index (Phi) is 8.82. The predicted octanol–water partition coefficient (Wildman–Crippen LogP) is 5.01. The SMILES string of the molecule is COc1ccc(C[C@H](NC(=O)OC(C)(C)C)C2(O)CC(CCO[Si](C)(C)C(C)(C)C)=NO2)cc1. The van der Waals surface area contributed by atoms with Crippen LogP contribution in [0.3, 0.4) is 0 Å². The normalized spacial score (nSPS) is 19.8. The van der Waals surface area contributed by atoms with E-state index < -0.39 is 31.8 Å². The molecule has 0 fully saturated rings. The molecule has 1 unspecified atom stereocenters. The molecular weight excluding hydrogens is 452 g/mol. The van der Waals surface area contributed by atoms with Gasteiger partial charge in [-0.05, 0) is 63.0 Å². The van der Waals surface area contributed by atoms with Crippen LogP contribution in [-0.4, -0.2) is 56.4 Å². The summed E-state index contributed by atoms with van der Waals surface area (Å²) in [6.07, 6.45) is 0.419. The van der Waals surface area contributed by atoms with E-state index in [-0.39, 0.29) is 11.5 Å². The fraction of sp³-hybridized carbons (Fsp3) is 0.680. The summed E-state index contributed by atoms with van der Waals surface area (Å²) >= 11 is 0. The molecule has 1 aliphatic heterocycles. The molecule has 192 valence electrons. The Labute approximate surface area is 205 Å². The maximum Gasteiger partial charge on any atom is 0.408 e. The molecule has 0 bridgehead atoms. The number of amides is 1. The summed E-state index contributed by atoms with van der Waals surface area (Å²) in [6.45, 7) is 16.9. The monoisotopic (exact) mass is 494 g/mol. The van der Waals surface area contributed by atoms with Crippen molar-refractivity contribution in [2.75, 3.05) is 13.7 Å². The van der Waals surface area contributed by atoms with Crippen LogP contribution in [0.25, 0.3) is 0 Å². The Morgan fingerprint density at radius 3 is 2.35 bits per heavy atom. The van der Waals surface area contributed by atoms with Crippen LogP contribution in [-0.2, 0) is 20.4 Å². The minimum absolute atomic E-state index is 0.114. The first kappa shape index (κ1) is 28.1. The van der Waals surface area contributed by atoms with Crippen molar-refractivity contribution in [2.45, 2.75) is 96.4 Å². The van der Waals surface area contributed by atoms with Crippen LogP contribution in [0.15, 0.2) is 29.4 Å². The number of nitrogens with zero attached hydrogens (tertiary/aromatic N) is 1. The summed E-state index contributed by atoms with van der Waals surface area (Å²) in [4.78, 5) is 18.1. The quantitative estimate of drug-likeness (QED) is 0.468. The Morgan fingerprint density at radius 1 is 1.21 bits per heavy atom. The lowest BCUT2D eigenvalue weighted by Crippen LogP contribution is -2.55. The zero-order valence-electron chi connectivity index (χ0n) is 22.2. The van der Waals surface area contributed by atoms with Crippen molar-refractivity contribution < 1.29 is 28.6 Å². The number of carbonyl (C=O) groups is 1. The van der Waals surface area contributed by atoms with Gasteiger partial charge in [0, 0.05) is 13.0 Å². The molecule has 0 aromatic heterocycles. The van der Waals surface area contributed by atoms with Crippen molar-refractivity contribution in [3.63, 3.8) is 0 Å². The van der Waals surface area contributed by atoms with Gasteiger partial charge in [0.25, 0.3) is 5.79 Å². The minimum Gasteiger partial charge on any atom is -0.497 e. The summed E-state index contributed by atoms with van der Waals surface area (Å²) in [5, 5.41) is 18.4. The minimum atomic E-state index is -1.88. The van der Waals surface area contributed by atoms with E-state index in [1.54, 1.807) is 27.9 Å². The summed E-state index contributed by atoms with van der Waals surface area (Å²) < 4.78 is 16.9. The Morgan fingerprint density at radius 2 is 1.82 bits per heavy atom. The molecule has 9 heteroatoms. The summed E-state index contributed by atoms with van der Waals surface area (Å²) in [7, 11) is -0.278. The van der Waals surface area contributed by atoms with Gasteiger partial charge in [-0.15, -0.1) is 0 Å². The fourth-order valence-electron chi connectivity index (χ4n) is 3.23. The second-order valence-electron chi connectivity index (χ2n) is 11.4. The third-order valence-corrected chi connectivity index (χ3v) is 10.8. The number of nitrogens with one attached hydrogen (secondary N) is 1. The van der Waals surface area contributed by atoms with Crippen molar-refractivity contribution in [1.29, 1.82) is 0 Å². The maximum absolute atomic E-state index is 12.5. The number of oxime groups is 1. The molecule has 0 spiro atoms. The van der Waals surface area contributed by atoms with Gasteiger partial charge in [0.2, 0.25) is 0 Å². The highest BCUT2D eigenvalue weighted by Gasteiger charge is 2.46. The van der Waals surface area contributed by atoms with Gasteiger partial charge in [0.15, 0.2) is 8.32 Å². The van der Waals surface area contributed by atoms with Gasteiger partial charge in [0.1, 0.15) is 17.4 Å². The molecule has 0 radical (unpaired) electrons. The summed E-state index contributed by atoms with van der Waals surface area (Å²) in [6, 6.07) is 6.66. The van der Waals surface area contributed by atoms with E-state index in [1.807, 2.05) is 24.3 Å². The highest BCUT2D eigenvalue weighted by molar-refractivity contribution is 6.74. The lowest BCUT2D eigenvalue weighted by molar-refractivity contribution is -0.203. The highest BCUT2D eigenvalue weighted by Crippen LogP contribution is 2.37.